The van der Waals surface area contributed by atoms with Crippen LogP contribution in [-0.4, -0.2) is 60.3 Å². The zero-order valence-electron chi connectivity index (χ0n) is 14.6. The fraction of sp³-hybridized carbons (Fsp3) is 0.474. The van der Waals surface area contributed by atoms with Gasteiger partial charge in [0.25, 0.3) is 0 Å². The van der Waals surface area contributed by atoms with Crippen LogP contribution in [-0.2, 0) is 22.4 Å². The topological polar surface area (TPSA) is 81.1 Å². The SMILES string of the molecule is CN1CCN(c2ccc3c(c2)CCCC3)CC1.O=C(O)/C=C/C(=O)O. The summed E-state index contributed by atoms with van der Waals surface area (Å²) in [5.74, 6) is -2.51. The second-order valence-corrected chi connectivity index (χ2v) is 6.46. The molecule has 3 rings (SSSR count). The first kappa shape index (κ1) is 19.0. The van der Waals surface area contributed by atoms with Gasteiger partial charge >= 0.3 is 11.9 Å². The minimum atomic E-state index is -1.26. The molecule has 1 aromatic carbocycles. The summed E-state index contributed by atoms with van der Waals surface area (Å²) in [5, 5.41) is 15.6. The highest BCUT2D eigenvalue weighted by Gasteiger charge is 2.16. The number of aryl methyl sites for hydroxylation is 2. The van der Waals surface area contributed by atoms with Crippen LogP contribution in [0.5, 0.6) is 0 Å². The van der Waals surface area contributed by atoms with Crippen molar-refractivity contribution in [2.24, 2.45) is 0 Å². The third-order valence-corrected chi connectivity index (χ3v) is 4.57. The highest BCUT2D eigenvalue weighted by molar-refractivity contribution is 5.89. The zero-order chi connectivity index (χ0) is 18.2. The molecule has 1 heterocycles. The zero-order valence-corrected chi connectivity index (χ0v) is 14.6. The molecule has 0 atom stereocenters. The smallest absolute Gasteiger partial charge is 0.328 e. The second kappa shape index (κ2) is 9.22. The van der Waals surface area contributed by atoms with Gasteiger partial charge in [0.15, 0.2) is 0 Å². The van der Waals surface area contributed by atoms with Gasteiger partial charge in [-0.1, -0.05) is 6.07 Å². The van der Waals surface area contributed by atoms with Gasteiger partial charge < -0.3 is 20.0 Å². The van der Waals surface area contributed by atoms with Gasteiger partial charge in [-0.2, -0.15) is 0 Å². The third-order valence-electron chi connectivity index (χ3n) is 4.57. The Bertz CT molecular complexity index is 618. The number of benzene rings is 1. The number of aliphatic carboxylic acids is 2. The van der Waals surface area contributed by atoms with Crippen LogP contribution in [0.4, 0.5) is 5.69 Å². The van der Waals surface area contributed by atoms with E-state index in [1.165, 1.54) is 57.5 Å². The lowest BCUT2D eigenvalue weighted by molar-refractivity contribution is -0.134. The molecule has 1 fully saturated rings. The molecule has 0 amide bonds. The summed E-state index contributed by atoms with van der Waals surface area (Å²) in [5.41, 5.74) is 4.64. The van der Waals surface area contributed by atoms with Crippen molar-refractivity contribution < 1.29 is 19.8 Å². The molecule has 136 valence electrons. The lowest BCUT2D eigenvalue weighted by atomic mass is 9.91. The van der Waals surface area contributed by atoms with Gasteiger partial charge in [-0.3, -0.25) is 0 Å². The predicted octanol–water partition coefficient (Wildman–Crippen LogP) is 2.03. The Morgan fingerprint density at radius 2 is 1.48 bits per heavy atom. The fourth-order valence-electron chi connectivity index (χ4n) is 3.12. The van der Waals surface area contributed by atoms with Crippen LogP contribution in [0.15, 0.2) is 30.4 Å². The maximum Gasteiger partial charge on any atom is 0.328 e. The molecule has 0 unspecified atom stereocenters. The van der Waals surface area contributed by atoms with E-state index in [9.17, 15) is 9.59 Å². The van der Waals surface area contributed by atoms with Gasteiger partial charge in [0, 0.05) is 44.0 Å². The Morgan fingerprint density at radius 1 is 0.920 bits per heavy atom. The molecule has 1 aromatic rings. The molecule has 2 N–H and O–H groups in total. The Balaban J connectivity index is 0.000000242. The Hall–Kier alpha value is -2.34. The molecule has 1 aliphatic heterocycles. The number of carboxylic acids is 2. The standard InChI is InChI=1S/C15H22N2.C4H4O4/c1-16-8-10-17(11-9-16)15-7-6-13-4-2-3-5-14(13)12-15;5-3(6)1-2-4(7)8/h6-7,12H,2-5,8-11H2,1H3;1-2H,(H,5,6)(H,7,8)/b;2-1+. The molecule has 0 aromatic heterocycles. The van der Waals surface area contributed by atoms with Crippen LogP contribution in [0.3, 0.4) is 0 Å². The van der Waals surface area contributed by atoms with Gasteiger partial charge in [-0.15, -0.1) is 0 Å². The van der Waals surface area contributed by atoms with Crippen molar-refractivity contribution in [1.82, 2.24) is 4.90 Å². The van der Waals surface area contributed by atoms with Crippen LogP contribution in [0, 0.1) is 0 Å². The molecular weight excluding hydrogens is 320 g/mol. The average molecular weight is 346 g/mol. The molecule has 0 saturated carbocycles. The first-order valence-corrected chi connectivity index (χ1v) is 8.65. The van der Waals surface area contributed by atoms with Gasteiger partial charge in [0.05, 0.1) is 0 Å². The number of nitrogens with zero attached hydrogens (tertiary/aromatic N) is 2. The van der Waals surface area contributed by atoms with E-state index in [2.05, 4.69) is 35.0 Å². The van der Waals surface area contributed by atoms with Crippen molar-refractivity contribution in [3.63, 3.8) is 0 Å². The molecule has 0 spiro atoms. The minimum absolute atomic E-state index is 0.558. The number of likely N-dealkylation sites (N-methyl/N-ethyl adjacent to an activating group) is 1. The highest BCUT2D eigenvalue weighted by Crippen LogP contribution is 2.26. The maximum atomic E-state index is 9.55. The molecule has 6 nitrogen and oxygen atoms in total. The van der Waals surface area contributed by atoms with Crippen LogP contribution < -0.4 is 4.90 Å². The summed E-state index contributed by atoms with van der Waals surface area (Å²) in [6, 6.07) is 7.14. The van der Waals surface area contributed by atoms with Crippen LogP contribution in [0.25, 0.3) is 0 Å². The first-order chi connectivity index (χ1) is 12.0. The van der Waals surface area contributed by atoms with Crippen LogP contribution in [0.1, 0.15) is 24.0 Å². The van der Waals surface area contributed by atoms with E-state index in [1.54, 1.807) is 11.1 Å². The Kier molecular flexibility index (Phi) is 7.01. The number of hydrogen-bond donors (Lipinski definition) is 2. The van der Waals surface area contributed by atoms with Gasteiger partial charge in [0.1, 0.15) is 0 Å². The summed E-state index contributed by atoms with van der Waals surface area (Å²) < 4.78 is 0. The van der Waals surface area contributed by atoms with Crippen molar-refractivity contribution in [1.29, 1.82) is 0 Å². The second-order valence-electron chi connectivity index (χ2n) is 6.46. The fourth-order valence-corrected chi connectivity index (χ4v) is 3.12. The van der Waals surface area contributed by atoms with Gasteiger partial charge in [0.2, 0.25) is 0 Å². The van der Waals surface area contributed by atoms with Crippen molar-refractivity contribution in [3.05, 3.63) is 41.5 Å². The van der Waals surface area contributed by atoms with E-state index in [4.69, 9.17) is 10.2 Å². The average Bonchev–Trinajstić information content (AvgIpc) is 2.61. The van der Waals surface area contributed by atoms with Crippen LogP contribution in [0.2, 0.25) is 0 Å². The number of hydrogen-bond acceptors (Lipinski definition) is 4. The normalized spacial score (nSPS) is 17.6. The summed E-state index contributed by atoms with van der Waals surface area (Å²) in [7, 11) is 2.21. The summed E-state index contributed by atoms with van der Waals surface area (Å²) in [4.78, 5) is 24.1. The van der Waals surface area contributed by atoms with E-state index in [-0.39, 0.29) is 0 Å². The minimum Gasteiger partial charge on any atom is -0.478 e. The van der Waals surface area contributed by atoms with E-state index >= 15 is 0 Å². The van der Waals surface area contributed by atoms with Gasteiger partial charge in [-0.05, 0) is 56.0 Å². The molecule has 0 radical (unpaired) electrons. The largest absolute Gasteiger partial charge is 0.478 e. The van der Waals surface area contributed by atoms with Crippen molar-refractivity contribution in [2.45, 2.75) is 25.7 Å². The third kappa shape index (κ3) is 6.23. The monoisotopic (exact) mass is 346 g/mol. The van der Waals surface area contributed by atoms with Gasteiger partial charge in [-0.25, -0.2) is 9.59 Å². The summed E-state index contributed by atoms with van der Waals surface area (Å²) in [6.07, 6.45) is 6.44. The number of fused-ring (bicyclic) bond motifs is 1. The first-order valence-electron chi connectivity index (χ1n) is 8.65. The van der Waals surface area contributed by atoms with Crippen molar-refractivity contribution >= 4 is 17.6 Å². The Morgan fingerprint density at radius 3 is 2.04 bits per heavy atom. The molecule has 2 aliphatic rings. The van der Waals surface area contributed by atoms with E-state index in [0.29, 0.717) is 12.2 Å². The number of piperazine rings is 1. The van der Waals surface area contributed by atoms with Crippen molar-refractivity contribution in [2.75, 3.05) is 38.1 Å². The molecule has 1 saturated heterocycles. The maximum absolute atomic E-state index is 9.55. The Labute approximate surface area is 148 Å². The lowest BCUT2D eigenvalue weighted by Gasteiger charge is -2.34. The molecular formula is C19H26N2O4. The molecule has 0 bridgehead atoms. The quantitative estimate of drug-likeness (QED) is 0.815. The number of anilines is 1. The molecule has 1 aliphatic carbocycles. The van der Waals surface area contributed by atoms with E-state index in [0.717, 1.165) is 0 Å². The lowest BCUT2D eigenvalue weighted by Crippen LogP contribution is -2.44. The van der Waals surface area contributed by atoms with Crippen molar-refractivity contribution in [3.8, 4) is 0 Å². The van der Waals surface area contributed by atoms with E-state index < -0.39 is 11.9 Å². The van der Waals surface area contributed by atoms with Crippen LogP contribution >= 0.6 is 0 Å². The van der Waals surface area contributed by atoms with E-state index in [1.807, 2.05) is 0 Å². The summed E-state index contributed by atoms with van der Waals surface area (Å²) in [6.45, 7) is 4.73. The number of rotatable bonds is 3. The summed E-state index contributed by atoms with van der Waals surface area (Å²) >= 11 is 0. The molecule has 25 heavy (non-hydrogen) atoms. The highest BCUT2D eigenvalue weighted by atomic mass is 16.4. The predicted molar refractivity (Wildman–Crippen MR) is 97.2 cm³/mol. The number of carboxylic acid groups (broad SMARTS) is 2. The molecule has 6 heteroatoms. The number of carbonyl (C=O) groups is 2.